The van der Waals surface area contributed by atoms with E-state index in [2.05, 4.69) is 24.4 Å². The largest absolute Gasteiger partial charge is 0.490 e. The molecule has 3 aromatic rings. The Hall–Kier alpha value is -5.01. The summed E-state index contributed by atoms with van der Waals surface area (Å²) >= 11 is 0. The van der Waals surface area contributed by atoms with Crippen LogP contribution in [-0.2, 0) is 32.2 Å². The van der Waals surface area contributed by atoms with Crippen molar-refractivity contribution < 1.29 is 47.9 Å². The summed E-state index contributed by atoms with van der Waals surface area (Å²) in [6.45, 7) is 8.97. The highest BCUT2D eigenvalue weighted by Crippen LogP contribution is 2.62. The molecule has 0 bridgehead atoms. The van der Waals surface area contributed by atoms with Gasteiger partial charge in [0.05, 0.1) is 31.5 Å². The van der Waals surface area contributed by atoms with Gasteiger partial charge < -0.3 is 38.7 Å². The zero-order valence-electron chi connectivity index (χ0n) is 34.6. The van der Waals surface area contributed by atoms with Crippen molar-refractivity contribution in [1.29, 1.82) is 0 Å². The van der Waals surface area contributed by atoms with E-state index in [4.69, 9.17) is 28.5 Å². The van der Waals surface area contributed by atoms with Gasteiger partial charge in [0.25, 0.3) is 0 Å². The molecule has 3 aromatic carbocycles. The van der Waals surface area contributed by atoms with E-state index in [-0.39, 0.29) is 63.8 Å². The zero-order chi connectivity index (χ0) is 42.3. The van der Waals surface area contributed by atoms with Crippen LogP contribution in [0.4, 0.5) is 9.18 Å². The fourth-order valence-corrected chi connectivity index (χ4v) is 9.13. The van der Waals surface area contributed by atoms with E-state index in [0.29, 0.717) is 48.8 Å². The van der Waals surface area contributed by atoms with E-state index < -0.39 is 29.7 Å². The summed E-state index contributed by atoms with van der Waals surface area (Å²) in [5.41, 5.74) is 4.16. The Morgan fingerprint density at radius 2 is 1.70 bits per heavy atom. The Morgan fingerprint density at radius 1 is 0.950 bits per heavy atom. The lowest BCUT2D eigenvalue weighted by Crippen LogP contribution is -2.70. The summed E-state index contributed by atoms with van der Waals surface area (Å²) in [5, 5.41) is 24.3. The molecular formula is C48H59FN2O9. The van der Waals surface area contributed by atoms with Crippen molar-refractivity contribution in [1.82, 2.24) is 4.90 Å². The van der Waals surface area contributed by atoms with E-state index >= 15 is 0 Å². The molecule has 60 heavy (non-hydrogen) atoms. The molecule has 1 heterocycles. The molecule has 2 N–H and O–H groups in total. The van der Waals surface area contributed by atoms with Crippen LogP contribution in [0.1, 0.15) is 67.6 Å². The van der Waals surface area contributed by atoms with E-state index in [1.165, 1.54) is 19.2 Å². The van der Waals surface area contributed by atoms with Gasteiger partial charge in [-0.15, -0.1) is 6.58 Å². The van der Waals surface area contributed by atoms with E-state index in [1.54, 1.807) is 29.2 Å². The number of nitrogens with zero attached hydrogens (tertiary/aromatic N) is 2. The van der Waals surface area contributed by atoms with E-state index in [0.717, 1.165) is 42.4 Å². The van der Waals surface area contributed by atoms with Crippen molar-refractivity contribution in [2.75, 3.05) is 46.8 Å². The number of unbranched alkanes of at least 4 members (excludes halogenated alkanes) is 2. The number of amides is 1. The molecule has 0 aromatic heterocycles. The number of aliphatic hydroxyl groups is 2. The lowest BCUT2D eigenvalue weighted by atomic mass is 9.55. The van der Waals surface area contributed by atoms with Gasteiger partial charge in [-0.1, -0.05) is 85.3 Å². The summed E-state index contributed by atoms with van der Waals surface area (Å²) in [5.74, 6) is -1.28. The second-order valence-electron chi connectivity index (χ2n) is 15.5. The summed E-state index contributed by atoms with van der Waals surface area (Å²) in [4.78, 5) is 21.8. The van der Waals surface area contributed by atoms with Crippen molar-refractivity contribution in [3.8, 4) is 11.5 Å². The lowest BCUT2D eigenvalue weighted by Gasteiger charge is -2.59. The Labute approximate surface area is 353 Å². The topological polar surface area (TPSA) is 129 Å². The number of carbonyl (C=O) groups is 1. The number of oxime groups is 1. The van der Waals surface area contributed by atoms with Crippen LogP contribution in [0.15, 0.2) is 115 Å². The minimum Gasteiger partial charge on any atom is -0.490 e. The molecule has 1 aliphatic heterocycles. The number of benzene rings is 3. The third kappa shape index (κ3) is 10.5. The Balaban J connectivity index is 1.49. The summed E-state index contributed by atoms with van der Waals surface area (Å²) in [7, 11) is 1.51. The zero-order valence-corrected chi connectivity index (χ0v) is 34.6. The molecule has 6 rings (SSSR count). The van der Waals surface area contributed by atoms with Gasteiger partial charge in [-0.25, -0.2) is 9.18 Å². The number of carbonyl (C=O) groups excluding carboxylic acids is 1. The van der Waals surface area contributed by atoms with Gasteiger partial charge in [-0.05, 0) is 84.6 Å². The first-order valence-electron chi connectivity index (χ1n) is 21.0. The fourth-order valence-electron chi connectivity index (χ4n) is 9.13. The molecule has 1 fully saturated rings. The highest BCUT2D eigenvalue weighted by molar-refractivity contribution is 6.03. The van der Waals surface area contributed by atoms with Crippen LogP contribution < -0.4 is 9.47 Å². The monoisotopic (exact) mass is 826 g/mol. The standard InChI is InChI=1S/C48H59FN2O9/c1-4-25-57-38-21-22-43-41(30-38)45-39(16-10-12-24-53)36(15-9-11-23-52)29-40-42(50-55-3)31-44(48(60-43,46(40)45)59-26-5-2)51(32-34-17-19-37(49)20-18-34)47(54)58-28-27-56-33-35-13-7-6-8-14-35/h4-8,13-14,17-22,29-30,36,39,44-46,52-53H,1-2,9-12,15-16,23-28,31-33H2,3H3. The molecule has 0 saturated heterocycles. The normalized spacial score (nSPS) is 23.4. The SMILES string of the molecule is C=CCOc1ccc2c(c1)C1C(CCCCO)C(CCCCO)C=C3C(=NOC)CC(N(Cc4ccc(F)cc4)C(=O)OCCOCc4ccccc4)C(OCC=C)(O2)C31. The van der Waals surface area contributed by atoms with Crippen LogP contribution in [0.5, 0.6) is 11.5 Å². The number of halogens is 1. The highest BCUT2D eigenvalue weighted by Gasteiger charge is 2.65. The first-order valence-corrected chi connectivity index (χ1v) is 21.0. The molecule has 0 spiro atoms. The molecule has 11 nitrogen and oxygen atoms in total. The first-order chi connectivity index (χ1) is 29.4. The number of hydrogen-bond donors (Lipinski definition) is 2. The molecule has 6 atom stereocenters. The average Bonchev–Trinajstić information content (AvgIpc) is 3.26. The number of rotatable bonds is 23. The molecule has 2 aliphatic carbocycles. The molecule has 1 amide bonds. The molecule has 12 heteroatoms. The smallest absolute Gasteiger partial charge is 0.410 e. The number of fused-ring (bicyclic) bond motifs is 2. The van der Waals surface area contributed by atoms with Gasteiger partial charge in [-0.3, -0.25) is 4.90 Å². The van der Waals surface area contributed by atoms with Gasteiger partial charge >= 0.3 is 6.09 Å². The maximum absolute atomic E-state index is 14.7. The Kier molecular flexibility index (Phi) is 16.3. The Bertz CT molecular complexity index is 1920. The maximum Gasteiger partial charge on any atom is 0.410 e. The first kappa shape index (κ1) is 44.5. The number of allylic oxidation sites excluding steroid dienone is 1. The van der Waals surface area contributed by atoms with Crippen molar-refractivity contribution in [3.05, 3.63) is 132 Å². The molecule has 6 unspecified atom stereocenters. The van der Waals surface area contributed by atoms with Gasteiger partial charge in [0.1, 0.15) is 43.7 Å². The molecule has 322 valence electrons. The predicted molar refractivity (Wildman–Crippen MR) is 227 cm³/mol. The van der Waals surface area contributed by atoms with E-state index in [9.17, 15) is 19.4 Å². The van der Waals surface area contributed by atoms with Gasteiger partial charge in [0.15, 0.2) is 0 Å². The fraction of sp³-hybridized carbons (Fsp3) is 0.458. The average molecular weight is 827 g/mol. The van der Waals surface area contributed by atoms with Crippen LogP contribution >= 0.6 is 0 Å². The highest BCUT2D eigenvalue weighted by atomic mass is 19.1. The van der Waals surface area contributed by atoms with Crippen LogP contribution in [0.2, 0.25) is 0 Å². The minimum atomic E-state index is -1.50. The van der Waals surface area contributed by atoms with Crippen molar-refractivity contribution in [3.63, 3.8) is 0 Å². The van der Waals surface area contributed by atoms with Crippen LogP contribution in [0.25, 0.3) is 0 Å². The summed E-state index contributed by atoms with van der Waals surface area (Å²) < 4.78 is 46.5. The number of aliphatic hydroxyl groups excluding tert-OH is 2. The van der Waals surface area contributed by atoms with E-state index in [1.807, 2.05) is 48.5 Å². The van der Waals surface area contributed by atoms with Gasteiger partial charge in [0, 0.05) is 37.7 Å². The second kappa shape index (κ2) is 22.0. The second-order valence-corrected chi connectivity index (χ2v) is 15.5. The third-order valence-corrected chi connectivity index (χ3v) is 11.7. The van der Waals surface area contributed by atoms with Crippen LogP contribution in [0, 0.1) is 23.6 Å². The van der Waals surface area contributed by atoms with Crippen molar-refractivity contribution in [2.45, 2.75) is 75.8 Å². The molecule has 3 aliphatic rings. The quantitative estimate of drug-likeness (QED) is 0.0550. The third-order valence-electron chi connectivity index (χ3n) is 11.7. The van der Waals surface area contributed by atoms with Crippen molar-refractivity contribution in [2.24, 2.45) is 22.9 Å². The van der Waals surface area contributed by atoms with Crippen LogP contribution in [-0.4, -0.2) is 85.5 Å². The molecule has 0 radical (unpaired) electrons. The van der Waals surface area contributed by atoms with Crippen LogP contribution in [0.3, 0.4) is 0 Å². The number of hydrogen-bond acceptors (Lipinski definition) is 10. The molecule has 1 saturated carbocycles. The van der Waals surface area contributed by atoms with Gasteiger partial charge in [0.2, 0.25) is 5.79 Å². The Morgan fingerprint density at radius 3 is 2.42 bits per heavy atom. The minimum absolute atomic E-state index is 0.0192. The van der Waals surface area contributed by atoms with Gasteiger partial charge in [-0.2, -0.15) is 0 Å². The maximum atomic E-state index is 14.7. The summed E-state index contributed by atoms with van der Waals surface area (Å²) in [6.07, 6.45) is 9.70. The lowest BCUT2D eigenvalue weighted by molar-refractivity contribution is -0.256. The molecular weight excluding hydrogens is 768 g/mol. The predicted octanol–water partition coefficient (Wildman–Crippen LogP) is 8.51. The van der Waals surface area contributed by atoms with Crippen molar-refractivity contribution >= 4 is 11.8 Å². The number of ether oxygens (including phenoxy) is 5. The summed E-state index contributed by atoms with van der Waals surface area (Å²) in [6, 6.07) is 20.7.